The molecular weight excluding hydrogens is 331 g/mol. The Hall–Kier alpha value is -2.64. The molecule has 0 saturated heterocycles. The van der Waals surface area contributed by atoms with Crippen LogP contribution < -0.4 is 10.6 Å². The van der Waals surface area contributed by atoms with E-state index in [0.717, 1.165) is 12.1 Å². The van der Waals surface area contributed by atoms with Crippen LogP contribution in [0.4, 0.5) is 14.9 Å². The minimum absolute atomic E-state index is 0.00407. The van der Waals surface area contributed by atoms with Gasteiger partial charge in [0.1, 0.15) is 11.4 Å². The van der Waals surface area contributed by atoms with E-state index in [1.165, 1.54) is 13.2 Å². The van der Waals surface area contributed by atoms with Gasteiger partial charge in [-0.05, 0) is 45.4 Å². The van der Waals surface area contributed by atoms with Crippen LogP contribution in [0.2, 0.25) is 0 Å². The van der Waals surface area contributed by atoms with Crippen molar-refractivity contribution >= 4 is 23.7 Å². The van der Waals surface area contributed by atoms with Crippen molar-refractivity contribution in [2.24, 2.45) is 0 Å². The van der Waals surface area contributed by atoms with Gasteiger partial charge in [0.15, 0.2) is 0 Å². The van der Waals surface area contributed by atoms with Gasteiger partial charge in [-0.25, -0.2) is 14.0 Å². The Morgan fingerprint density at radius 1 is 1.16 bits per heavy atom. The van der Waals surface area contributed by atoms with Crippen LogP contribution in [0.25, 0.3) is 0 Å². The molecule has 0 atom stereocenters. The van der Waals surface area contributed by atoms with Crippen molar-refractivity contribution in [3.8, 4) is 0 Å². The maximum atomic E-state index is 13.5. The maximum absolute atomic E-state index is 13.5. The lowest BCUT2D eigenvalue weighted by molar-refractivity contribution is -0.116. The number of alkyl carbamates (subject to hydrolysis) is 1. The first kappa shape index (κ1) is 20.4. The number of amides is 2. The molecule has 0 aromatic heterocycles. The standard InChI is InChI=1S/C17H23FN2O5/c1-17(2,3)25-16(23)19-7-5-6-14(21)20-13-9-11(15(22)24-4)8-12(18)10-13/h8-10H,5-7H2,1-4H3,(H,19,23)(H,20,21). The smallest absolute Gasteiger partial charge is 0.407 e. The first-order valence-electron chi connectivity index (χ1n) is 7.76. The molecule has 1 rings (SSSR count). The van der Waals surface area contributed by atoms with Crippen molar-refractivity contribution in [1.29, 1.82) is 0 Å². The summed E-state index contributed by atoms with van der Waals surface area (Å²) >= 11 is 0. The minimum atomic E-state index is -0.698. The number of methoxy groups -OCH3 is 1. The number of ether oxygens (including phenoxy) is 2. The predicted octanol–water partition coefficient (Wildman–Crippen LogP) is 2.86. The lowest BCUT2D eigenvalue weighted by atomic mass is 10.2. The fourth-order valence-corrected chi connectivity index (χ4v) is 1.87. The molecule has 0 heterocycles. The van der Waals surface area contributed by atoms with Gasteiger partial charge >= 0.3 is 12.1 Å². The molecule has 1 aromatic carbocycles. The van der Waals surface area contributed by atoms with E-state index in [4.69, 9.17) is 4.74 Å². The largest absolute Gasteiger partial charge is 0.465 e. The van der Waals surface area contributed by atoms with E-state index < -0.39 is 23.5 Å². The summed E-state index contributed by atoms with van der Waals surface area (Å²) in [7, 11) is 1.18. The van der Waals surface area contributed by atoms with E-state index in [1.807, 2.05) is 0 Å². The van der Waals surface area contributed by atoms with E-state index in [1.54, 1.807) is 20.8 Å². The van der Waals surface area contributed by atoms with Crippen LogP contribution in [-0.4, -0.2) is 37.2 Å². The summed E-state index contributed by atoms with van der Waals surface area (Å²) in [6.45, 7) is 5.52. The third-order valence-electron chi connectivity index (χ3n) is 2.85. The third-order valence-corrected chi connectivity index (χ3v) is 2.85. The molecule has 25 heavy (non-hydrogen) atoms. The fourth-order valence-electron chi connectivity index (χ4n) is 1.87. The highest BCUT2D eigenvalue weighted by Crippen LogP contribution is 2.15. The number of hydrogen-bond acceptors (Lipinski definition) is 5. The van der Waals surface area contributed by atoms with Gasteiger partial charge in [0, 0.05) is 18.7 Å². The van der Waals surface area contributed by atoms with Gasteiger partial charge < -0.3 is 20.1 Å². The summed E-state index contributed by atoms with van der Waals surface area (Å²) in [6.07, 6.45) is -0.0647. The summed E-state index contributed by atoms with van der Waals surface area (Å²) in [5, 5.41) is 5.03. The van der Waals surface area contributed by atoms with Crippen LogP contribution in [0.5, 0.6) is 0 Å². The minimum Gasteiger partial charge on any atom is -0.465 e. The van der Waals surface area contributed by atoms with Crippen molar-refractivity contribution in [2.75, 3.05) is 19.0 Å². The van der Waals surface area contributed by atoms with Gasteiger partial charge in [0.05, 0.1) is 12.7 Å². The second kappa shape index (κ2) is 9.00. The molecule has 0 bridgehead atoms. The normalized spacial score (nSPS) is 10.8. The quantitative estimate of drug-likeness (QED) is 0.605. The van der Waals surface area contributed by atoms with E-state index in [2.05, 4.69) is 15.4 Å². The van der Waals surface area contributed by atoms with Crippen LogP contribution in [0.15, 0.2) is 18.2 Å². The summed E-state index contributed by atoms with van der Waals surface area (Å²) in [5.41, 5.74) is -0.425. The molecule has 0 aliphatic carbocycles. The number of nitrogens with one attached hydrogen (secondary N) is 2. The highest BCUT2D eigenvalue weighted by Gasteiger charge is 2.15. The summed E-state index contributed by atoms with van der Waals surface area (Å²) < 4.78 is 23.1. The van der Waals surface area contributed by atoms with Crippen molar-refractivity contribution in [2.45, 2.75) is 39.2 Å². The molecule has 1 aromatic rings. The molecule has 0 saturated carbocycles. The molecule has 0 aliphatic heterocycles. The molecule has 0 fully saturated rings. The van der Waals surface area contributed by atoms with E-state index >= 15 is 0 Å². The van der Waals surface area contributed by atoms with Gasteiger partial charge in [-0.15, -0.1) is 0 Å². The Kier molecular flexibility index (Phi) is 7.35. The Labute approximate surface area is 145 Å². The first-order chi connectivity index (χ1) is 11.6. The molecule has 138 valence electrons. The van der Waals surface area contributed by atoms with Crippen molar-refractivity contribution in [3.05, 3.63) is 29.6 Å². The van der Waals surface area contributed by atoms with Crippen LogP contribution in [-0.2, 0) is 14.3 Å². The summed E-state index contributed by atoms with van der Waals surface area (Å²) in [4.78, 5) is 34.7. The average molecular weight is 354 g/mol. The van der Waals surface area contributed by atoms with Crippen molar-refractivity contribution in [1.82, 2.24) is 5.32 Å². The van der Waals surface area contributed by atoms with Crippen molar-refractivity contribution in [3.63, 3.8) is 0 Å². The molecule has 0 aliphatic rings. The summed E-state index contributed by atoms with van der Waals surface area (Å²) in [5.74, 6) is -1.73. The SMILES string of the molecule is COC(=O)c1cc(F)cc(NC(=O)CCCNC(=O)OC(C)(C)C)c1. The van der Waals surface area contributed by atoms with Gasteiger partial charge in [-0.1, -0.05) is 0 Å². The molecule has 2 amide bonds. The Bertz CT molecular complexity index is 640. The molecular formula is C17H23FN2O5. The number of halogens is 1. The van der Waals surface area contributed by atoms with Crippen molar-refractivity contribution < 1.29 is 28.2 Å². The van der Waals surface area contributed by atoms with E-state index in [-0.39, 0.29) is 30.1 Å². The molecule has 0 spiro atoms. The third kappa shape index (κ3) is 8.14. The molecule has 8 heteroatoms. The number of rotatable bonds is 6. The predicted molar refractivity (Wildman–Crippen MR) is 89.8 cm³/mol. The zero-order chi connectivity index (χ0) is 19.0. The highest BCUT2D eigenvalue weighted by atomic mass is 19.1. The van der Waals surface area contributed by atoms with Crippen LogP contribution >= 0.6 is 0 Å². The van der Waals surface area contributed by atoms with Crippen LogP contribution in [0.3, 0.4) is 0 Å². The van der Waals surface area contributed by atoms with Gasteiger partial charge in [-0.2, -0.15) is 0 Å². The Morgan fingerprint density at radius 3 is 2.44 bits per heavy atom. The highest BCUT2D eigenvalue weighted by molar-refractivity contribution is 5.94. The maximum Gasteiger partial charge on any atom is 0.407 e. The Morgan fingerprint density at radius 2 is 1.84 bits per heavy atom. The number of anilines is 1. The molecule has 0 radical (unpaired) electrons. The average Bonchev–Trinajstić information content (AvgIpc) is 2.48. The zero-order valence-electron chi connectivity index (χ0n) is 14.8. The zero-order valence-corrected chi connectivity index (χ0v) is 14.8. The number of benzene rings is 1. The Balaban J connectivity index is 2.44. The first-order valence-corrected chi connectivity index (χ1v) is 7.76. The fraction of sp³-hybridized carbons (Fsp3) is 0.471. The number of carbonyl (C=O) groups is 3. The lowest BCUT2D eigenvalue weighted by Gasteiger charge is -2.19. The molecule has 0 unspecified atom stereocenters. The van der Waals surface area contributed by atoms with Gasteiger partial charge in [-0.3, -0.25) is 4.79 Å². The van der Waals surface area contributed by atoms with Gasteiger partial charge in [0.25, 0.3) is 0 Å². The van der Waals surface area contributed by atoms with E-state index in [9.17, 15) is 18.8 Å². The topological polar surface area (TPSA) is 93.7 Å². The second-order valence-corrected chi connectivity index (χ2v) is 6.30. The number of hydrogen-bond donors (Lipinski definition) is 2. The van der Waals surface area contributed by atoms with Gasteiger partial charge in [0.2, 0.25) is 5.91 Å². The van der Waals surface area contributed by atoms with Crippen LogP contribution in [0.1, 0.15) is 44.0 Å². The lowest BCUT2D eigenvalue weighted by Crippen LogP contribution is -2.33. The van der Waals surface area contributed by atoms with E-state index in [0.29, 0.717) is 6.42 Å². The summed E-state index contributed by atoms with van der Waals surface area (Å²) in [6, 6.07) is 3.45. The second-order valence-electron chi connectivity index (χ2n) is 6.30. The number of carbonyl (C=O) groups excluding carboxylic acids is 3. The molecule has 2 N–H and O–H groups in total. The van der Waals surface area contributed by atoms with Crippen LogP contribution in [0, 0.1) is 5.82 Å². The molecule has 7 nitrogen and oxygen atoms in total. The monoisotopic (exact) mass is 354 g/mol. The number of esters is 1.